The number of benzene rings is 1. The summed E-state index contributed by atoms with van der Waals surface area (Å²) in [5.74, 6) is -0.244. The lowest BCUT2D eigenvalue weighted by atomic mass is 10.1. The van der Waals surface area contributed by atoms with Crippen LogP contribution in [0.15, 0.2) is 24.3 Å². The molecule has 1 fully saturated rings. The first-order chi connectivity index (χ1) is 7.81. The topological polar surface area (TPSA) is 36.3 Å². The summed E-state index contributed by atoms with van der Waals surface area (Å²) in [7, 11) is 0. The van der Waals surface area contributed by atoms with Crippen molar-refractivity contribution < 1.29 is 9.13 Å². The second kappa shape index (κ2) is 5.06. The Hall–Kier alpha value is -1.44. The van der Waals surface area contributed by atoms with Crippen molar-refractivity contribution in [2.24, 2.45) is 0 Å². The van der Waals surface area contributed by atoms with E-state index in [0.29, 0.717) is 25.3 Å². The molecule has 0 aromatic heterocycles. The molecule has 1 heterocycles. The van der Waals surface area contributed by atoms with E-state index in [1.54, 1.807) is 18.2 Å². The molecule has 1 saturated heterocycles. The van der Waals surface area contributed by atoms with Gasteiger partial charge in [-0.25, -0.2) is 4.39 Å². The fourth-order valence-electron chi connectivity index (χ4n) is 1.87. The molecule has 0 amide bonds. The fourth-order valence-corrected chi connectivity index (χ4v) is 1.87. The average molecular weight is 220 g/mol. The van der Waals surface area contributed by atoms with Crippen molar-refractivity contribution in [3.63, 3.8) is 0 Å². The highest BCUT2D eigenvalue weighted by atomic mass is 19.1. The molecule has 1 aromatic rings. The van der Waals surface area contributed by atoms with Crippen molar-refractivity contribution in [3.8, 4) is 6.07 Å². The van der Waals surface area contributed by atoms with Crippen LogP contribution in [-0.4, -0.2) is 31.1 Å². The van der Waals surface area contributed by atoms with E-state index < -0.39 is 0 Å². The third kappa shape index (κ3) is 2.38. The van der Waals surface area contributed by atoms with Crippen LogP contribution in [0.4, 0.5) is 4.39 Å². The summed E-state index contributed by atoms with van der Waals surface area (Å²) in [6.45, 7) is 2.22. The van der Waals surface area contributed by atoms with Gasteiger partial charge in [-0.05, 0) is 6.07 Å². The van der Waals surface area contributed by atoms with E-state index in [2.05, 4.69) is 6.07 Å². The van der Waals surface area contributed by atoms with E-state index in [1.807, 2.05) is 4.90 Å². The molecule has 0 spiro atoms. The lowest BCUT2D eigenvalue weighted by molar-refractivity contribution is -0.0271. The molecule has 0 aliphatic carbocycles. The highest BCUT2D eigenvalue weighted by Gasteiger charge is 2.23. The average Bonchev–Trinajstić information content (AvgIpc) is 2.30. The minimum absolute atomic E-state index is 0.244. The Kier molecular flexibility index (Phi) is 3.50. The predicted octanol–water partition coefficient (Wildman–Crippen LogP) is 1.72. The van der Waals surface area contributed by atoms with Crippen molar-refractivity contribution in [2.45, 2.75) is 6.10 Å². The number of rotatable bonds is 2. The molecule has 1 aromatic carbocycles. The number of hydrogen-bond acceptors (Lipinski definition) is 3. The zero-order valence-corrected chi connectivity index (χ0v) is 8.90. The first-order valence-electron chi connectivity index (χ1n) is 5.26. The third-order valence-electron chi connectivity index (χ3n) is 2.70. The van der Waals surface area contributed by atoms with Crippen LogP contribution in [0.1, 0.15) is 11.7 Å². The summed E-state index contributed by atoms with van der Waals surface area (Å²) in [6.07, 6.45) is -0.261. The standard InChI is InChI=1S/C12H13FN2O/c13-11-4-2-1-3-10(11)12-9-15(6-5-14)7-8-16-12/h1-4,12H,6-9H2/t12-/m1/s1. The maximum atomic E-state index is 13.5. The Bertz CT molecular complexity index is 402. The molecule has 3 nitrogen and oxygen atoms in total. The van der Waals surface area contributed by atoms with Crippen LogP contribution < -0.4 is 0 Å². The number of hydrogen-bond donors (Lipinski definition) is 0. The van der Waals surface area contributed by atoms with Crippen LogP contribution >= 0.6 is 0 Å². The zero-order valence-electron chi connectivity index (χ0n) is 8.90. The highest BCUT2D eigenvalue weighted by Crippen LogP contribution is 2.24. The Morgan fingerprint density at radius 2 is 2.31 bits per heavy atom. The van der Waals surface area contributed by atoms with Crippen LogP contribution in [0.25, 0.3) is 0 Å². The second-order valence-electron chi connectivity index (χ2n) is 3.77. The number of nitrogens with zero attached hydrogens (tertiary/aromatic N) is 2. The van der Waals surface area contributed by atoms with E-state index >= 15 is 0 Å². The molecule has 2 rings (SSSR count). The molecule has 4 heteroatoms. The molecule has 0 N–H and O–H groups in total. The van der Waals surface area contributed by atoms with Gasteiger partial charge in [0, 0.05) is 18.7 Å². The lowest BCUT2D eigenvalue weighted by Gasteiger charge is -2.31. The van der Waals surface area contributed by atoms with Crippen molar-refractivity contribution in [1.82, 2.24) is 4.90 Å². The fraction of sp³-hybridized carbons (Fsp3) is 0.417. The van der Waals surface area contributed by atoms with Gasteiger partial charge in [-0.2, -0.15) is 5.26 Å². The van der Waals surface area contributed by atoms with E-state index in [-0.39, 0.29) is 11.9 Å². The number of morpholine rings is 1. The molecule has 0 radical (unpaired) electrons. The highest BCUT2D eigenvalue weighted by molar-refractivity contribution is 5.20. The molecular formula is C12H13FN2O. The van der Waals surface area contributed by atoms with Crippen LogP contribution in [0.5, 0.6) is 0 Å². The van der Waals surface area contributed by atoms with E-state index in [1.165, 1.54) is 6.07 Å². The summed E-state index contributed by atoms with van der Waals surface area (Å²) < 4.78 is 19.1. The van der Waals surface area contributed by atoms with Gasteiger partial charge >= 0.3 is 0 Å². The lowest BCUT2D eigenvalue weighted by Crippen LogP contribution is -2.38. The quantitative estimate of drug-likeness (QED) is 0.712. The predicted molar refractivity (Wildman–Crippen MR) is 57.1 cm³/mol. The SMILES string of the molecule is N#CCN1CCO[C@@H](c2ccccc2F)C1. The monoisotopic (exact) mass is 220 g/mol. The minimum atomic E-state index is -0.261. The van der Waals surface area contributed by atoms with Gasteiger partial charge in [0.05, 0.1) is 25.3 Å². The maximum Gasteiger partial charge on any atom is 0.129 e. The van der Waals surface area contributed by atoms with Crippen molar-refractivity contribution in [2.75, 3.05) is 26.2 Å². The van der Waals surface area contributed by atoms with Gasteiger partial charge in [-0.3, -0.25) is 4.90 Å². The van der Waals surface area contributed by atoms with Gasteiger partial charge in [0.25, 0.3) is 0 Å². The Morgan fingerprint density at radius 1 is 1.50 bits per heavy atom. The molecule has 0 bridgehead atoms. The van der Waals surface area contributed by atoms with E-state index in [9.17, 15) is 4.39 Å². The molecule has 0 saturated carbocycles. The molecule has 0 unspecified atom stereocenters. The summed E-state index contributed by atoms with van der Waals surface area (Å²) >= 11 is 0. The van der Waals surface area contributed by atoms with E-state index in [4.69, 9.17) is 10.00 Å². The molecular weight excluding hydrogens is 207 g/mol. The summed E-state index contributed by atoms with van der Waals surface area (Å²) in [6, 6.07) is 8.72. The Morgan fingerprint density at radius 3 is 3.06 bits per heavy atom. The smallest absolute Gasteiger partial charge is 0.129 e. The van der Waals surface area contributed by atoms with Crippen LogP contribution in [-0.2, 0) is 4.74 Å². The molecule has 16 heavy (non-hydrogen) atoms. The largest absolute Gasteiger partial charge is 0.371 e. The molecule has 1 atom stereocenters. The van der Waals surface area contributed by atoms with Gasteiger partial charge in [0.1, 0.15) is 5.82 Å². The van der Waals surface area contributed by atoms with E-state index in [0.717, 1.165) is 6.54 Å². The number of halogens is 1. The normalized spacial score (nSPS) is 21.6. The Labute approximate surface area is 94.0 Å². The maximum absolute atomic E-state index is 13.5. The molecule has 84 valence electrons. The zero-order chi connectivity index (χ0) is 11.4. The summed E-state index contributed by atoms with van der Waals surface area (Å²) in [5.41, 5.74) is 0.574. The van der Waals surface area contributed by atoms with Crippen LogP contribution in [0, 0.1) is 17.1 Å². The molecule has 1 aliphatic heterocycles. The van der Waals surface area contributed by atoms with Crippen molar-refractivity contribution in [1.29, 1.82) is 5.26 Å². The van der Waals surface area contributed by atoms with Gasteiger partial charge < -0.3 is 4.74 Å². The van der Waals surface area contributed by atoms with Crippen molar-refractivity contribution in [3.05, 3.63) is 35.6 Å². The van der Waals surface area contributed by atoms with Gasteiger partial charge in [0.15, 0.2) is 0 Å². The van der Waals surface area contributed by atoms with Crippen LogP contribution in [0.2, 0.25) is 0 Å². The van der Waals surface area contributed by atoms with Crippen molar-refractivity contribution >= 4 is 0 Å². The molecule has 1 aliphatic rings. The number of nitriles is 1. The summed E-state index contributed by atoms with van der Waals surface area (Å²) in [5, 5.41) is 8.62. The minimum Gasteiger partial charge on any atom is -0.371 e. The first kappa shape index (κ1) is 11.1. The number of ether oxygens (including phenoxy) is 1. The third-order valence-corrected chi connectivity index (χ3v) is 2.70. The van der Waals surface area contributed by atoms with Crippen LogP contribution in [0.3, 0.4) is 0 Å². The Balaban J connectivity index is 2.10. The van der Waals surface area contributed by atoms with Gasteiger partial charge in [0.2, 0.25) is 0 Å². The first-order valence-corrected chi connectivity index (χ1v) is 5.26. The van der Waals surface area contributed by atoms with Gasteiger partial charge in [-0.15, -0.1) is 0 Å². The second-order valence-corrected chi connectivity index (χ2v) is 3.77. The van der Waals surface area contributed by atoms with Gasteiger partial charge in [-0.1, -0.05) is 18.2 Å². The summed E-state index contributed by atoms with van der Waals surface area (Å²) in [4.78, 5) is 1.97.